The molecule has 3 nitrogen and oxygen atoms in total. The quantitative estimate of drug-likeness (QED) is 0.903. The van der Waals surface area contributed by atoms with Crippen molar-refractivity contribution in [1.29, 1.82) is 0 Å². The van der Waals surface area contributed by atoms with E-state index in [-0.39, 0.29) is 5.41 Å². The van der Waals surface area contributed by atoms with Crippen molar-refractivity contribution in [3.05, 3.63) is 34.9 Å². The third kappa shape index (κ3) is 3.16. The number of carbonyl (C=O) groups is 1. The molecule has 1 aromatic carbocycles. The van der Waals surface area contributed by atoms with Crippen molar-refractivity contribution in [2.24, 2.45) is 5.92 Å². The lowest BCUT2D eigenvalue weighted by Crippen LogP contribution is -2.45. The number of nitrogens with one attached hydrogen (secondary N) is 1. The summed E-state index contributed by atoms with van der Waals surface area (Å²) in [7, 11) is 0. The second-order valence-corrected chi connectivity index (χ2v) is 7.07. The summed E-state index contributed by atoms with van der Waals surface area (Å²) in [5.74, 6) is 1.03. The van der Waals surface area contributed by atoms with Crippen LogP contribution in [0.3, 0.4) is 0 Å². The van der Waals surface area contributed by atoms with E-state index in [4.69, 9.17) is 11.6 Å². The standard InChI is InChI=1S/C18H25ClN2O/c1-2-20-13-14-6-10-21(11-7-14)17(22)18(8-9-18)15-4-3-5-16(19)12-15/h3-5,12,14,20H,2,6-11,13H2,1H3. The van der Waals surface area contributed by atoms with Gasteiger partial charge in [-0.25, -0.2) is 0 Å². The summed E-state index contributed by atoms with van der Waals surface area (Å²) in [6, 6.07) is 7.84. The van der Waals surface area contributed by atoms with Crippen molar-refractivity contribution in [3.63, 3.8) is 0 Å². The lowest BCUT2D eigenvalue weighted by molar-refractivity contribution is -0.135. The Morgan fingerprint density at radius 1 is 1.36 bits per heavy atom. The Bertz CT molecular complexity index is 534. The Hall–Kier alpha value is -1.06. The SMILES string of the molecule is CCNCC1CCN(C(=O)C2(c3cccc(Cl)c3)CC2)CC1. The van der Waals surface area contributed by atoms with E-state index in [0.29, 0.717) is 11.8 Å². The molecular formula is C18H25ClN2O. The van der Waals surface area contributed by atoms with Crippen molar-refractivity contribution in [1.82, 2.24) is 10.2 Å². The highest BCUT2D eigenvalue weighted by Gasteiger charge is 2.53. The number of hydrogen-bond acceptors (Lipinski definition) is 2. The van der Waals surface area contributed by atoms with Gasteiger partial charge in [-0.05, 0) is 62.4 Å². The van der Waals surface area contributed by atoms with Crippen LogP contribution in [0.5, 0.6) is 0 Å². The maximum atomic E-state index is 13.0. The molecule has 1 aliphatic carbocycles. The summed E-state index contributed by atoms with van der Waals surface area (Å²) in [6.45, 7) is 6.05. The second-order valence-electron chi connectivity index (χ2n) is 6.64. The van der Waals surface area contributed by atoms with E-state index in [0.717, 1.165) is 62.4 Å². The minimum atomic E-state index is -0.278. The van der Waals surface area contributed by atoms with E-state index < -0.39 is 0 Å². The van der Waals surface area contributed by atoms with E-state index in [1.54, 1.807) is 0 Å². The number of carbonyl (C=O) groups excluding carboxylic acids is 1. The molecule has 1 heterocycles. The number of halogens is 1. The molecule has 0 radical (unpaired) electrons. The van der Waals surface area contributed by atoms with E-state index in [1.165, 1.54) is 0 Å². The van der Waals surface area contributed by atoms with Crippen molar-refractivity contribution < 1.29 is 4.79 Å². The van der Waals surface area contributed by atoms with Crippen LogP contribution in [0.1, 0.15) is 38.2 Å². The van der Waals surface area contributed by atoms with Crippen LogP contribution in [0.4, 0.5) is 0 Å². The Morgan fingerprint density at radius 3 is 2.68 bits per heavy atom. The number of benzene rings is 1. The Balaban J connectivity index is 1.63. The zero-order valence-corrected chi connectivity index (χ0v) is 14.0. The Kier molecular flexibility index (Phi) is 4.74. The fourth-order valence-electron chi connectivity index (χ4n) is 3.53. The zero-order chi connectivity index (χ0) is 15.6. The number of rotatable bonds is 5. The molecule has 1 saturated carbocycles. The molecule has 4 heteroatoms. The van der Waals surface area contributed by atoms with Crippen molar-refractivity contribution >= 4 is 17.5 Å². The van der Waals surface area contributed by atoms with Gasteiger partial charge in [0.15, 0.2) is 0 Å². The molecule has 1 aliphatic heterocycles. The molecule has 22 heavy (non-hydrogen) atoms. The molecule has 0 spiro atoms. The van der Waals surface area contributed by atoms with Gasteiger partial charge in [-0.15, -0.1) is 0 Å². The topological polar surface area (TPSA) is 32.3 Å². The number of nitrogens with zero attached hydrogens (tertiary/aromatic N) is 1. The predicted molar refractivity (Wildman–Crippen MR) is 90.2 cm³/mol. The van der Waals surface area contributed by atoms with E-state index >= 15 is 0 Å². The highest BCUT2D eigenvalue weighted by molar-refractivity contribution is 6.30. The van der Waals surface area contributed by atoms with Gasteiger partial charge in [0.2, 0.25) is 5.91 Å². The van der Waals surface area contributed by atoms with Crippen molar-refractivity contribution in [2.45, 2.75) is 38.0 Å². The highest BCUT2D eigenvalue weighted by Crippen LogP contribution is 2.50. The van der Waals surface area contributed by atoms with Crippen LogP contribution in [0.25, 0.3) is 0 Å². The number of piperidine rings is 1. The van der Waals surface area contributed by atoms with Gasteiger partial charge in [0, 0.05) is 18.1 Å². The molecule has 120 valence electrons. The van der Waals surface area contributed by atoms with Gasteiger partial charge in [-0.3, -0.25) is 4.79 Å². The summed E-state index contributed by atoms with van der Waals surface area (Å²) < 4.78 is 0. The van der Waals surface area contributed by atoms with E-state index in [2.05, 4.69) is 23.2 Å². The first-order chi connectivity index (χ1) is 10.7. The minimum Gasteiger partial charge on any atom is -0.342 e. The van der Waals surface area contributed by atoms with Gasteiger partial charge in [0.1, 0.15) is 0 Å². The fourth-order valence-corrected chi connectivity index (χ4v) is 3.72. The van der Waals surface area contributed by atoms with Gasteiger partial charge in [0.05, 0.1) is 5.41 Å². The number of hydrogen-bond donors (Lipinski definition) is 1. The third-order valence-corrected chi connectivity index (χ3v) is 5.36. The van der Waals surface area contributed by atoms with Gasteiger partial charge in [-0.2, -0.15) is 0 Å². The van der Waals surface area contributed by atoms with Gasteiger partial charge in [-0.1, -0.05) is 30.7 Å². The summed E-state index contributed by atoms with van der Waals surface area (Å²) in [4.78, 5) is 15.1. The maximum Gasteiger partial charge on any atom is 0.233 e. The van der Waals surface area contributed by atoms with Crippen LogP contribution >= 0.6 is 11.6 Å². The molecule has 0 aromatic heterocycles. The summed E-state index contributed by atoms with van der Waals surface area (Å²) >= 11 is 6.10. The molecule has 1 aromatic rings. The first kappa shape index (κ1) is 15.8. The second kappa shape index (κ2) is 6.59. The first-order valence-corrected chi connectivity index (χ1v) is 8.79. The summed E-state index contributed by atoms with van der Waals surface area (Å²) in [6.07, 6.45) is 4.15. The summed E-state index contributed by atoms with van der Waals surface area (Å²) in [5.41, 5.74) is 0.819. The van der Waals surface area contributed by atoms with Crippen LogP contribution in [-0.4, -0.2) is 37.0 Å². The first-order valence-electron chi connectivity index (χ1n) is 8.42. The largest absolute Gasteiger partial charge is 0.342 e. The normalized spacial score (nSPS) is 20.9. The Morgan fingerprint density at radius 2 is 2.09 bits per heavy atom. The summed E-state index contributed by atoms with van der Waals surface area (Å²) in [5, 5.41) is 4.14. The van der Waals surface area contributed by atoms with Crippen LogP contribution in [0.15, 0.2) is 24.3 Å². The lowest BCUT2D eigenvalue weighted by Gasteiger charge is -2.34. The van der Waals surface area contributed by atoms with Crippen LogP contribution in [0.2, 0.25) is 5.02 Å². The molecule has 2 fully saturated rings. The average molecular weight is 321 g/mol. The van der Waals surface area contributed by atoms with E-state index in [9.17, 15) is 4.79 Å². The Labute approximate surface area is 138 Å². The molecule has 0 atom stereocenters. The predicted octanol–water partition coefficient (Wildman–Crippen LogP) is 3.22. The molecule has 2 aliphatic rings. The minimum absolute atomic E-state index is 0.278. The molecule has 0 unspecified atom stereocenters. The monoisotopic (exact) mass is 320 g/mol. The number of likely N-dealkylation sites (tertiary alicyclic amines) is 1. The van der Waals surface area contributed by atoms with Crippen molar-refractivity contribution in [3.8, 4) is 0 Å². The van der Waals surface area contributed by atoms with Gasteiger partial charge in [0.25, 0.3) is 0 Å². The zero-order valence-electron chi connectivity index (χ0n) is 13.3. The third-order valence-electron chi connectivity index (χ3n) is 5.12. The molecule has 1 amide bonds. The van der Waals surface area contributed by atoms with Crippen LogP contribution in [0, 0.1) is 5.92 Å². The molecule has 0 bridgehead atoms. The number of amides is 1. The smallest absolute Gasteiger partial charge is 0.233 e. The van der Waals surface area contributed by atoms with Gasteiger partial charge < -0.3 is 10.2 Å². The van der Waals surface area contributed by atoms with Crippen LogP contribution < -0.4 is 5.32 Å². The van der Waals surface area contributed by atoms with Crippen LogP contribution in [-0.2, 0) is 10.2 Å². The lowest BCUT2D eigenvalue weighted by atomic mass is 9.91. The highest BCUT2D eigenvalue weighted by atomic mass is 35.5. The molecular weight excluding hydrogens is 296 g/mol. The van der Waals surface area contributed by atoms with Crippen molar-refractivity contribution in [2.75, 3.05) is 26.2 Å². The average Bonchev–Trinajstić information content (AvgIpc) is 3.34. The molecule has 1 N–H and O–H groups in total. The molecule has 1 saturated heterocycles. The molecule has 3 rings (SSSR count). The maximum absolute atomic E-state index is 13.0. The van der Waals surface area contributed by atoms with Gasteiger partial charge >= 0.3 is 0 Å². The van der Waals surface area contributed by atoms with E-state index in [1.807, 2.05) is 18.2 Å². The fraction of sp³-hybridized carbons (Fsp3) is 0.611.